The van der Waals surface area contributed by atoms with Crippen LogP contribution in [0.3, 0.4) is 0 Å². The minimum atomic E-state index is -5.08. The van der Waals surface area contributed by atoms with Crippen molar-refractivity contribution in [2.75, 3.05) is 45.9 Å². The van der Waals surface area contributed by atoms with Crippen LogP contribution in [0.1, 0.15) is 31.4 Å². The zero-order chi connectivity index (χ0) is 39.0. The molecular weight excluding hydrogens is 738 g/mol. The van der Waals surface area contributed by atoms with Gasteiger partial charge in [0.05, 0.1) is 4.70 Å². The van der Waals surface area contributed by atoms with Gasteiger partial charge in [-0.15, -0.1) is 0 Å². The molecule has 1 amide bonds. The number of aliphatic carboxylic acids is 2. The van der Waals surface area contributed by atoms with Crippen molar-refractivity contribution < 1.29 is 61.2 Å². The summed E-state index contributed by atoms with van der Waals surface area (Å²) in [7, 11) is 0. The molecule has 7 N–H and O–H groups in total. The van der Waals surface area contributed by atoms with E-state index in [0.717, 1.165) is 45.2 Å². The number of hydrogen-bond donors (Lipinski definition) is 7. The number of aromatic nitrogens is 1. The average Bonchev–Trinajstić information content (AvgIpc) is 3.43. The molecule has 51 heavy (non-hydrogen) atoms. The molecule has 0 radical (unpaired) electrons. The quantitative estimate of drug-likeness (QED) is 0.0859. The first-order chi connectivity index (χ1) is 23.6. The Morgan fingerprint density at radius 1 is 0.902 bits per heavy atom. The number of H-pyrrole nitrogens is 1. The fraction of sp³-hybridized carbons (Fsp3) is 0.484. The zero-order valence-electron chi connectivity index (χ0n) is 27.5. The Kier molecular flexibility index (Phi) is 18.4. The van der Waals surface area contributed by atoms with Crippen LogP contribution in [0.25, 0.3) is 10.2 Å². The maximum absolute atomic E-state index is 13.0. The number of rotatable bonds is 15. The molecule has 20 heteroatoms. The van der Waals surface area contributed by atoms with E-state index in [9.17, 15) is 46.1 Å². The molecule has 1 heterocycles. The first kappa shape index (κ1) is 45.1. The largest absolute Gasteiger partial charge is 0.506 e. The van der Waals surface area contributed by atoms with Gasteiger partial charge in [-0.25, -0.2) is 9.59 Å². The van der Waals surface area contributed by atoms with Crippen LogP contribution in [0.4, 0.5) is 26.3 Å². The second-order valence-electron chi connectivity index (χ2n) is 11.6. The van der Waals surface area contributed by atoms with Crippen molar-refractivity contribution in [3.63, 3.8) is 0 Å². The van der Waals surface area contributed by atoms with E-state index in [0.29, 0.717) is 51.1 Å². The van der Waals surface area contributed by atoms with Gasteiger partial charge in [0.1, 0.15) is 11.3 Å². The summed E-state index contributed by atoms with van der Waals surface area (Å²) in [6.45, 7) is 7.53. The molecular formula is C31H39ClF6N4O8S. The Balaban J connectivity index is 0.000000780. The molecule has 0 atom stereocenters. The zero-order valence-corrected chi connectivity index (χ0v) is 29.0. The molecule has 3 aromatic rings. The number of hydrogen-bond acceptors (Lipinski definition) is 9. The van der Waals surface area contributed by atoms with E-state index in [4.69, 9.17) is 31.4 Å². The number of phenols is 1. The third-order valence-electron chi connectivity index (χ3n) is 6.65. The van der Waals surface area contributed by atoms with Gasteiger partial charge in [-0.3, -0.25) is 9.59 Å². The van der Waals surface area contributed by atoms with Crippen LogP contribution in [-0.2, 0) is 27.2 Å². The van der Waals surface area contributed by atoms with E-state index in [1.165, 1.54) is 0 Å². The minimum Gasteiger partial charge on any atom is -0.506 e. The fourth-order valence-corrected chi connectivity index (χ4v) is 5.20. The molecule has 0 bridgehead atoms. The number of aliphatic hydroxyl groups excluding tert-OH is 1. The Hall–Kier alpha value is -3.91. The average molecular weight is 777 g/mol. The van der Waals surface area contributed by atoms with Crippen LogP contribution < -0.4 is 15.5 Å². The summed E-state index contributed by atoms with van der Waals surface area (Å²) < 4.78 is 64.2. The molecule has 12 nitrogen and oxygen atoms in total. The van der Waals surface area contributed by atoms with Crippen molar-refractivity contribution in [2.24, 2.45) is 5.41 Å². The summed E-state index contributed by atoms with van der Waals surface area (Å²) in [5, 5.41) is 41.4. The number of aliphatic hydroxyl groups is 1. The van der Waals surface area contributed by atoms with Crippen molar-refractivity contribution in [2.45, 2.75) is 45.5 Å². The van der Waals surface area contributed by atoms with Gasteiger partial charge in [0.2, 0.25) is 5.91 Å². The van der Waals surface area contributed by atoms with Crippen LogP contribution in [0.5, 0.6) is 5.75 Å². The van der Waals surface area contributed by atoms with Gasteiger partial charge in [-0.2, -0.15) is 26.3 Å². The maximum Gasteiger partial charge on any atom is 0.490 e. The molecule has 2 aromatic carbocycles. The van der Waals surface area contributed by atoms with Crippen molar-refractivity contribution >= 4 is 51.0 Å². The lowest BCUT2D eigenvalue weighted by molar-refractivity contribution is -0.193. The number of nitrogens with zero attached hydrogens (tertiary/aromatic N) is 1. The second kappa shape index (κ2) is 20.8. The van der Waals surface area contributed by atoms with Gasteiger partial charge in [0.25, 0.3) is 0 Å². The first-order valence-corrected chi connectivity index (χ1v) is 16.2. The van der Waals surface area contributed by atoms with E-state index < -0.39 is 24.3 Å². The van der Waals surface area contributed by atoms with E-state index in [1.807, 2.05) is 49.1 Å². The number of carboxylic acid groups (broad SMARTS) is 2. The topological polar surface area (TPSA) is 192 Å². The number of alkyl halides is 6. The standard InChI is InChI=1S/C27H37ClN4O4S.2C2HF3O2/c1-27(2,18-33)17-32(23(35)10-13-29-11-8-19-4-3-5-21(28)16-19)15-14-30-12-9-20-6-7-22(34)24-25(20)37-26(36)31-24;2*3-2(4,5)1(6)7/h3-7,16,29-30,33-34H,8-15,17-18H2,1-2H3,(H,31,36);2*(H,6,7). The van der Waals surface area contributed by atoms with Crippen LogP contribution in [0.2, 0.25) is 5.02 Å². The Morgan fingerprint density at radius 3 is 2.02 bits per heavy atom. The molecule has 286 valence electrons. The maximum atomic E-state index is 13.0. The molecule has 0 aliphatic heterocycles. The highest BCUT2D eigenvalue weighted by molar-refractivity contribution is 7.16. The minimum absolute atomic E-state index is 0.00151. The normalized spacial score (nSPS) is 11.6. The van der Waals surface area contributed by atoms with Crippen molar-refractivity contribution in [3.8, 4) is 5.75 Å². The number of aromatic hydroxyl groups is 1. The Bertz CT molecular complexity index is 1610. The third-order valence-corrected chi connectivity index (χ3v) is 7.84. The third kappa shape index (κ3) is 17.7. The molecule has 0 aliphatic rings. The Labute approximate surface area is 297 Å². The highest BCUT2D eigenvalue weighted by atomic mass is 35.5. The van der Waals surface area contributed by atoms with Gasteiger partial charge >= 0.3 is 29.2 Å². The van der Waals surface area contributed by atoms with Gasteiger partial charge in [0, 0.05) is 49.6 Å². The van der Waals surface area contributed by atoms with Crippen LogP contribution in [0, 0.1) is 5.41 Å². The van der Waals surface area contributed by atoms with E-state index in [2.05, 4.69) is 15.6 Å². The lowest BCUT2D eigenvalue weighted by atomic mass is 9.94. The Morgan fingerprint density at radius 2 is 1.47 bits per heavy atom. The monoisotopic (exact) mass is 776 g/mol. The lowest BCUT2D eigenvalue weighted by Gasteiger charge is -2.31. The molecule has 3 rings (SSSR count). The summed E-state index contributed by atoms with van der Waals surface area (Å²) in [6.07, 6.45) is -8.25. The summed E-state index contributed by atoms with van der Waals surface area (Å²) in [5.41, 5.74) is 2.24. The molecule has 0 spiro atoms. The van der Waals surface area contributed by atoms with Gasteiger partial charge < -0.3 is 40.9 Å². The SMILES string of the molecule is CC(C)(CO)CN(CCNCCc1ccc(O)c2[nH]c(=O)sc12)C(=O)CCNCCc1cccc(Cl)c1.O=C(O)C(F)(F)F.O=C(O)C(F)(F)F. The number of fused-ring (bicyclic) bond motifs is 1. The molecule has 0 saturated carbocycles. The predicted octanol–water partition coefficient (Wildman–Crippen LogP) is 4.42. The van der Waals surface area contributed by atoms with E-state index in [-0.39, 0.29) is 28.6 Å². The molecule has 0 aliphatic carbocycles. The number of carboxylic acids is 2. The van der Waals surface area contributed by atoms with Crippen LogP contribution >= 0.6 is 22.9 Å². The highest BCUT2D eigenvalue weighted by Gasteiger charge is 2.38. The van der Waals surface area contributed by atoms with Crippen LogP contribution in [-0.4, -0.2) is 106 Å². The van der Waals surface area contributed by atoms with Crippen molar-refractivity contribution in [1.29, 1.82) is 0 Å². The van der Waals surface area contributed by atoms with E-state index >= 15 is 0 Å². The van der Waals surface area contributed by atoms with Gasteiger partial charge in [0.15, 0.2) is 0 Å². The lowest BCUT2D eigenvalue weighted by Crippen LogP contribution is -2.44. The number of thiazole rings is 1. The smallest absolute Gasteiger partial charge is 0.490 e. The van der Waals surface area contributed by atoms with E-state index in [1.54, 1.807) is 6.07 Å². The highest BCUT2D eigenvalue weighted by Crippen LogP contribution is 2.28. The molecule has 0 unspecified atom stereocenters. The number of halogens is 7. The number of carbonyl (C=O) groups is 3. The number of nitrogens with one attached hydrogen (secondary N) is 3. The summed E-state index contributed by atoms with van der Waals surface area (Å²) in [4.78, 5) is 46.8. The van der Waals surface area contributed by atoms with Crippen LogP contribution in [0.15, 0.2) is 41.2 Å². The van der Waals surface area contributed by atoms with Crippen molar-refractivity contribution in [1.82, 2.24) is 20.5 Å². The van der Waals surface area contributed by atoms with Gasteiger partial charge in [-0.1, -0.05) is 55.0 Å². The predicted molar refractivity (Wildman–Crippen MR) is 178 cm³/mol. The second-order valence-corrected chi connectivity index (χ2v) is 13.0. The molecule has 1 aromatic heterocycles. The van der Waals surface area contributed by atoms with Crippen molar-refractivity contribution in [3.05, 3.63) is 62.2 Å². The number of amides is 1. The molecule has 0 fully saturated rings. The first-order valence-electron chi connectivity index (χ1n) is 15.1. The summed E-state index contributed by atoms with van der Waals surface area (Å²) in [6, 6.07) is 11.2. The molecule has 0 saturated heterocycles. The number of benzene rings is 2. The summed E-state index contributed by atoms with van der Waals surface area (Å²) >= 11 is 7.13. The summed E-state index contributed by atoms with van der Waals surface area (Å²) in [5.74, 6) is -5.39. The number of aromatic amines is 1. The van der Waals surface area contributed by atoms with Gasteiger partial charge in [-0.05, 0) is 55.3 Å². The number of carbonyl (C=O) groups excluding carboxylic acids is 1. The number of phenolic OH excluding ortho intramolecular Hbond substituents is 1. The fourth-order valence-electron chi connectivity index (χ4n) is 4.09.